The largest absolute Gasteiger partial charge is 0.349 e. The Balaban J connectivity index is 2.08. The normalized spacial score (nSPS) is 17.9. The van der Waals surface area contributed by atoms with Gasteiger partial charge in [0.15, 0.2) is 6.29 Å². The highest BCUT2D eigenvalue weighted by Crippen LogP contribution is 2.37. The molecule has 0 saturated heterocycles. The number of thiophene rings is 1. The number of halogens is 1. The zero-order chi connectivity index (χ0) is 14.3. The van der Waals surface area contributed by atoms with Gasteiger partial charge in [0.25, 0.3) is 0 Å². The molecule has 1 aliphatic rings. The summed E-state index contributed by atoms with van der Waals surface area (Å²) in [5, 5.41) is 2.34. The number of aldehydes is 1. The first-order chi connectivity index (χ1) is 9.61. The van der Waals surface area contributed by atoms with Gasteiger partial charge in [-0.25, -0.2) is 9.97 Å². The van der Waals surface area contributed by atoms with E-state index in [2.05, 4.69) is 33.2 Å². The van der Waals surface area contributed by atoms with Crippen LogP contribution < -0.4 is 4.90 Å². The van der Waals surface area contributed by atoms with Gasteiger partial charge in [-0.05, 0) is 37.3 Å². The molecule has 1 aliphatic heterocycles. The second kappa shape index (κ2) is 5.14. The van der Waals surface area contributed by atoms with Crippen LogP contribution >= 0.6 is 22.9 Å². The van der Waals surface area contributed by atoms with Crippen molar-refractivity contribution < 1.29 is 4.79 Å². The SMILES string of the molecule is Cc1nc(Cl)c(C=O)c(N2CCc3sccc3C2C)n1. The molecule has 0 fully saturated rings. The summed E-state index contributed by atoms with van der Waals surface area (Å²) in [5.41, 5.74) is 1.69. The molecule has 0 N–H and O–H groups in total. The predicted octanol–water partition coefficient (Wildman–Crippen LogP) is 3.44. The minimum Gasteiger partial charge on any atom is -0.349 e. The summed E-state index contributed by atoms with van der Waals surface area (Å²) in [5.74, 6) is 1.22. The van der Waals surface area contributed by atoms with E-state index in [1.807, 2.05) is 0 Å². The number of carbonyl (C=O) groups excluding carboxylic acids is 1. The first-order valence-corrected chi connectivity index (χ1v) is 7.69. The highest BCUT2D eigenvalue weighted by atomic mass is 35.5. The van der Waals surface area contributed by atoms with Crippen LogP contribution in [0.4, 0.5) is 5.82 Å². The van der Waals surface area contributed by atoms with Crippen molar-refractivity contribution in [1.82, 2.24) is 9.97 Å². The maximum Gasteiger partial charge on any atom is 0.156 e. The molecule has 4 nitrogen and oxygen atoms in total. The molecule has 0 aromatic carbocycles. The van der Waals surface area contributed by atoms with E-state index in [1.54, 1.807) is 18.3 Å². The molecule has 2 aromatic rings. The molecule has 0 radical (unpaired) electrons. The molecule has 0 saturated carbocycles. The average Bonchev–Trinajstić information content (AvgIpc) is 2.87. The molecule has 0 spiro atoms. The van der Waals surface area contributed by atoms with Gasteiger partial charge >= 0.3 is 0 Å². The van der Waals surface area contributed by atoms with Crippen molar-refractivity contribution in [2.24, 2.45) is 0 Å². The van der Waals surface area contributed by atoms with Crippen molar-refractivity contribution in [3.8, 4) is 0 Å². The molecule has 20 heavy (non-hydrogen) atoms. The van der Waals surface area contributed by atoms with Crippen LogP contribution in [0.15, 0.2) is 11.4 Å². The van der Waals surface area contributed by atoms with E-state index < -0.39 is 0 Å². The van der Waals surface area contributed by atoms with E-state index in [4.69, 9.17) is 11.6 Å². The van der Waals surface area contributed by atoms with Gasteiger partial charge in [0, 0.05) is 11.4 Å². The van der Waals surface area contributed by atoms with Gasteiger partial charge in [0.2, 0.25) is 0 Å². The molecule has 1 atom stereocenters. The van der Waals surface area contributed by atoms with Crippen LogP contribution in [0.1, 0.15) is 39.6 Å². The summed E-state index contributed by atoms with van der Waals surface area (Å²) in [4.78, 5) is 23.4. The van der Waals surface area contributed by atoms with E-state index >= 15 is 0 Å². The van der Waals surface area contributed by atoms with E-state index in [-0.39, 0.29) is 11.2 Å². The fourth-order valence-corrected chi connectivity index (χ4v) is 3.87. The fourth-order valence-electron chi connectivity index (χ4n) is 2.65. The lowest BCUT2D eigenvalue weighted by Crippen LogP contribution is -2.34. The third kappa shape index (κ3) is 2.11. The number of fused-ring (bicyclic) bond motifs is 1. The summed E-state index contributed by atoms with van der Waals surface area (Å²) in [6.45, 7) is 4.75. The number of hydrogen-bond acceptors (Lipinski definition) is 5. The number of carbonyl (C=O) groups is 1. The van der Waals surface area contributed by atoms with Crippen LogP contribution in [0.3, 0.4) is 0 Å². The number of rotatable bonds is 2. The van der Waals surface area contributed by atoms with Gasteiger partial charge in [-0.2, -0.15) is 0 Å². The van der Waals surface area contributed by atoms with E-state index in [0.717, 1.165) is 19.3 Å². The lowest BCUT2D eigenvalue weighted by Gasteiger charge is -2.35. The molecule has 3 rings (SSSR count). The monoisotopic (exact) mass is 307 g/mol. The maximum absolute atomic E-state index is 11.3. The van der Waals surface area contributed by atoms with Gasteiger partial charge in [0.1, 0.15) is 16.8 Å². The molecule has 3 heterocycles. The predicted molar refractivity (Wildman–Crippen MR) is 81.0 cm³/mol. The number of aromatic nitrogens is 2. The zero-order valence-corrected chi connectivity index (χ0v) is 12.8. The number of hydrogen-bond donors (Lipinski definition) is 0. The summed E-state index contributed by atoms with van der Waals surface area (Å²) in [6.07, 6.45) is 1.71. The van der Waals surface area contributed by atoms with Crippen LogP contribution in [0, 0.1) is 6.92 Å². The quantitative estimate of drug-likeness (QED) is 0.630. The summed E-state index contributed by atoms with van der Waals surface area (Å²) in [6, 6.07) is 2.33. The van der Waals surface area contributed by atoms with E-state index in [1.165, 1.54) is 10.4 Å². The van der Waals surface area contributed by atoms with Crippen molar-refractivity contribution in [3.05, 3.63) is 38.4 Å². The van der Waals surface area contributed by atoms with Crippen molar-refractivity contribution in [1.29, 1.82) is 0 Å². The highest BCUT2D eigenvalue weighted by Gasteiger charge is 2.28. The molecular weight excluding hydrogens is 294 g/mol. The Bertz CT molecular complexity index is 670. The molecule has 2 aromatic heterocycles. The smallest absolute Gasteiger partial charge is 0.156 e. The Morgan fingerprint density at radius 2 is 2.30 bits per heavy atom. The van der Waals surface area contributed by atoms with Gasteiger partial charge in [-0.1, -0.05) is 11.6 Å². The molecule has 0 amide bonds. The Morgan fingerprint density at radius 1 is 1.50 bits per heavy atom. The minimum atomic E-state index is 0.189. The standard InChI is InChI=1S/C14H14ClN3OS/c1-8-10-4-6-20-12(10)3-5-18(8)14-11(7-19)13(15)16-9(2)17-14/h4,6-8H,3,5H2,1-2H3. The van der Waals surface area contributed by atoms with Crippen molar-refractivity contribution >= 4 is 35.0 Å². The highest BCUT2D eigenvalue weighted by molar-refractivity contribution is 7.10. The molecule has 0 aliphatic carbocycles. The van der Waals surface area contributed by atoms with Crippen LogP contribution in [0.2, 0.25) is 5.15 Å². The third-order valence-electron chi connectivity index (χ3n) is 3.66. The second-order valence-corrected chi connectivity index (χ2v) is 6.19. The van der Waals surface area contributed by atoms with Crippen molar-refractivity contribution in [2.75, 3.05) is 11.4 Å². The Morgan fingerprint density at radius 3 is 3.05 bits per heavy atom. The van der Waals surface area contributed by atoms with E-state index in [0.29, 0.717) is 17.2 Å². The molecule has 6 heteroatoms. The van der Waals surface area contributed by atoms with Gasteiger partial charge in [-0.15, -0.1) is 11.3 Å². The van der Waals surface area contributed by atoms with Crippen LogP contribution in [-0.2, 0) is 6.42 Å². The van der Waals surface area contributed by atoms with Crippen LogP contribution in [-0.4, -0.2) is 22.8 Å². The van der Waals surface area contributed by atoms with Crippen LogP contribution in [0.5, 0.6) is 0 Å². The molecule has 1 unspecified atom stereocenters. The Hall–Kier alpha value is -1.46. The minimum absolute atomic E-state index is 0.189. The average molecular weight is 308 g/mol. The molecule has 104 valence electrons. The first-order valence-electron chi connectivity index (χ1n) is 6.44. The van der Waals surface area contributed by atoms with Crippen molar-refractivity contribution in [3.63, 3.8) is 0 Å². The topological polar surface area (TPSA) is 46.1 Å². The van der Waals surface area contributed by atoms with Gasteiger partial charge in [-0.3, -0.25) is 4.79 Å². The Kier molecular flexibility index (Phi) is 3.48. The number of anilines is 1. The number of aryl methyl sites for hydroxylation is 1. The van der Waals surface area contributed by atoms with Gasteiger partial charge < -0.3 is 4.90 Å². The maximum atomic E-state index is 11.3. The lowest BCUT2D eigenvalue weighted by atomic mass is 10.0. The first kappa shape index (κ1) is 13.5. The van der Waals surface area contributed by atoms with E-state index in [9.17, 15) is 4.79 Å². The summed E-state index contributed by atoms with van der Waals surface area (Å²) in [7, 11) is 0. The third-order valence-corrected chi connectivity index (χ3v) is 4.94. The van der Waals surface area contributed by atoms with Crippen LogP contribution in [0.25, 0.3) is 0 Å². The number of nitrogens with zero attached hydrogens (tertiary/aromatic N) is 3. The lowest BCUT2D eigenvalue weighted by molar-refractivity contribution is 0.112. The van der Waals surface area contributed by atoms with Gasteiger partial charge in [0.05, 0.1) is 11.6 Å². The molecular formula is C14H14ClN3OS. The second-order valence-electron chi connectivity index (χ2n) is 4.84. The molecule has 0 bridgehead atoms. The fraction of sp³-hybridized carbons (Fsp3) is 0.357. The van der Waals surface area contributed by atoms with Crippen molar-refractivity contribution in [2.45, 2.75) is 26.3 Å². The Labute approximate surface area is 126 Å². The zero-order valence-electron chi connectivity index (χ0n) is 11.3. The summed E-state index contributed by atoms with van der Waals surface area (Å²) < 4.78 is 0. The summed E-state index contributed by atoms with van der Waals surface area (Å²) >= 11 is 7.86.